The third-order valence-electron chi connectivity index (χ3n) is 9.01. The summed E-state index contributed by atoms with van der Waals surface area (Å²) in [6.45, 7) is 4.70. The highest BCUT2D eigenvalue weighted by atomic mass is 15.1. The van der Waals surface area contributed by atoms with Crippen molar-refractivity contribution >= 4 is 49.4 Å². The fourth-order valence-corrected chi connectivity index (χ4v) is 6.82. The highest BCUT2D eigenvalue weighted by molar-refractivity contribution is 6.15. The summed E-state index contributed by atoms with van der Waals surface area (Å²) in [4.78, 5) is 2.26. The number of fused-ring (bicyclic) bond motifs is 1. The van der Waals surface area contributed by atoms with Crippen molar-refractivity contribution in [2.45, 2.75) is 19.3 Å². The Morgan fingerprint density at radius 3 is 1.88 bits per heavy atom. The van der Waals surface area contributed by atoms with E-state index >= 15 is 0 Å². The molecule has 0 spiro atoms. The highest BCUT2D eigenvalue weighted by Gasteiger charge is 2.34. The van der Waals surface area contributed by atoms with E-state index in [9.17, 15) is 5.26 Å². The zero-order chi connectivity index (χ0) is 28.4. The molecule has 0 unspecified atom stereocenters. The largest absolute Gasteiger partial charge is 0.310 e. The molecule has 1 aliphatic rings. The molecule has 7 aromatic carbocycles. The first kappa shape index (κ1) is 24.4. The van der Waals surface area contributed by atoms with Crippen LogP contribution in [0.5, 0.6) is 0 Å². The number of rotatable bonds is 4. The molecule has 0 N–H and O–H groups in total. The Balaban J connectivity index is 1.24. The zero-order valence-electron chi connectivity index (χ0n) is 23.6. The Bertz CT molecular complexity index is 2220. The van der Waals surface area contributed by atoms with Crippen LogP contribution in [0.2, 0.25) is 0 Å². The standard InChI is InChI=1S/C40H28N2/c1-40(2)36-9-5-8-29-12-13-31-22-32(24-37(40)39(31)38(29)36)28-14-19-34(20-15-28)42(33-17-10-26(25-41)11-18-33)35-21-16-27-6-3-4-7-30(27)23-35/h3-24H,1-2H3. The molecule has 0 bridgehead atoms. The predicted molar refractivity (Wildman–Crippen MR) is 176 cm³/mol. The van der Waals surface area contributed by atoms with Crippen LogP contribution in [0, 0.1) is 11.3 Å². The van der Waals surface area contributed by atoms with Crippen molar-refractivity contribution in [1.29, 1.82) is 5.26 Å². The molecule has 1 aliphatic carbocycles. The zero-order valence-corrected chi connectivity index (χ0v) is 23.6. The van der Waals surface area contributed by atoms with E-state index in [1.54, 1.807) is 0 Å². The number of nitriles is 1. The van der Waals surface area contributed by atoms with Crippen LogP contribution in [-0.2, 0) is 5.41 Å². The van der Waals surface area contributed by atoms with Crippen molar-refractivity contribution in [1.82, 2.24) is 0 Å². The van der Waals surface area contributed by atoms with E-state index in [-0.39, 0.29) is 5.41 Å². The number of benzene rings is 7. The molecule has 0 radical (unpaired) electrons. The van der Waals surface area contributed by atoms with Crippen molar-refractivity contribution in [3.05, 3.63) is 150 Å². The van der Waals surface area contributed by atoms with E-state index in [2.05, 4.69) is 134 Å². The summed E-state index contributed by atoms with van der Waals surface area (Å²) in [6.07, 6.45) is 0. The van der Waals surface area contributed by atoms with E-state index in [1.165, 1.54) is 54.6 Å². The van der Waals surface area contributed by atoms with Crippen molar-refractivity contribution in [2.24, 2.45) is 0 Å². The minimum atomic E-state index is -0.0418. The normalized spacial score (nSPS) is 13.2. The smallest absolute Gasteiger partial charge is 0.0991 e. The van der Waals surface area contributed by atoms with Crippen LogP contribution in [0.15, 0.2) is 133 Å². The van der Waals surface area contributed by atoms with Crippen LogP contribution in [0.3, 0.4) is 0 Å². The van der Waals surface area contributed by atoms with E-state index in [0.29, 0.717) is 5.56 Å². The van der Waals surface area contributed by atoms with E-state index in [4.69, 9.17) is 0 Å². The van der Waals surface area contributed by atoms with Gasteiger partial charge in [-0.2, -0.15) is 5.26 Å². The maximum absolute atomic E-state index is 9.37. The van der Waals surface area contributed by atoms with Crippen LogP contribution < -0.4 is 4.90 Å². The summed E-state index contributed by atoms with van der Waals surface area (Å²) >= 11 is 0. The second-order valence-corrected chi connectivity index (χ2v) is 11.8. The van der Waals surface area contributed by atoms with Gasteiger partial charge in [0, 0.05) is 22.5 Å². The molecular formula is C40H28N2. The van der Waals surface area contributed by atoms with Gasteiger partial charge >= 0.3 is 0 Å². The summed E-state index contributed by atoms with van der Waals surface area (Å²) in [5.41, 5.74) is 9.02. The Morgan fingerprint density at radius 1 is 0.500 bits per heavy atom. The minimum absolute atomic E-state index is 0.0418. The average molecular weight is 537 g/mol. The molecule has 0 saturated carbocycles. The van der Waals surface area contributed by atoms with Crippen LogP contribution in [0.25, 0.3) is 43.4 Å². The fourth-order valence-electron chi connectivity index (χ4n) is 6.82. The lowest BCUT2D eigenvalue weighted by molar-refractivity contribution is 0.663. The van der Waals surface area contributed by atoms with Crippen LogP contribution in [0.1, 0.15) is 30.5 Å². The maximum atomic E-state index is 9.37. The molecule has 0 aromatic heterocycles. The van der Waals surface area contributed by atoms with Gasteiger partial charge in [0.2, 0.25) is 0 Å². The second kappa shape index (κ2) is 9.06. The molecule has 0 atom stereocenters. The van der Waals surface area contributed by atoms with Gasteiger partial charge in [-0.3, -0.25) is 0 Å². The predicted octanol–water partition coefficient (Wildman–Crippen LogP) is 10.8. The quantitative estimate of drug-likeness (QED) is 0.209. The molecule has 0 heterocycles. The molecule has 2 nitrogen and oxygen atoms in total. The van der Waals surface area contributed by atoms with Gasteiger partial charge in [-0.1, -0.05) is 86.6 Å². The fraction of sp³-hybridized carbons (Fsp3) is 0.0750. The molecule has 0 aliphatic heterocycles. The molecule has 198 valence electrons. The molecule has 0 amide bonds. The summed E-state index contributed by atoms with van der Waals surface area (Å²) in [6, 6.07) is 49.9. The van der Waals surface area contributed by atoms with Crippen LogP contribution in [0.4, 0.5) is 17.1 Å². The molecule has 0 saturated heterocycles. The summed E-state index contributed by atoms with van der Waals surface area (Å²) < 4.78 is 0. The monoisotopic (exact) mass is 536 g/mol. The topological polar surface area (TPSA) is 27.0 Å². The first-order valence-electron chi connectivity index (χ1n) is 14.4. The molecule has 8 rings (SSSR count). The lowest BCUT2D eigenvalue weighted by Crippen LogP contribution is -2.15. The van der Waals surface area contributed by atoms with Gasteiger partial charge in [-0.05, 0) is 115 Å². The van der Waals surface area contributed by atoms with Gasteiger partial charge in [0.05, 0.1) is 11.6 Å². The van der Waals surface area contributed by atoms with Gasteiger partial charge < -0.3 is 4.90 Å². The van der Waals surface area contributed by atoms with Crippen molar-refractivity contribution in [2.75, 3.05) is 4.90 Å². The molecule has 0 fully saturated rings. The Hall–Kier alpha value is -5.39. The highest BCUT2D eigenvalue weighted by Crippen LogP contribution is 2.50. The number of nitrogens with zero attached hydrogens (tertiary/aromatic N) is 2. The van der Waals surface area contributed by atoms with Crippen molar-refractivity contribution in [3.63, 3.8) is 0 Å². The van der Waals surface area contributed by atoms with Gasteiger partial charge in [0.25, 0.3) is 0 Å². The average Bonchev–Trinajstić information content (AvgIpc) is 3.27. The third-order valence-corrected chi connectivity index (χ3v) is 9.01. The molecule has 7 aromatic rings. The van der Waals surface area contributed by atoms with E-state index in [0.717, 1.165) is 17.1 Å². The first-order valence-corrected chi connectivity index (χ1v) is 14.4. The summed E-state index contributed by atoms with van der Waals surface area (Å²) in [7, 11) is 0. The van der Waals surface area contributed by atoms with Crippen molar-refractivity contribution in [3.8, 4) is 17.2 Å². The minimum Gasteiger partial charge on any atom is -0.310 e. The lowest BCUT2D eigenvalue weighted by Gasteiger charge is -2.26. The molecule has 2 heteroatoms. The van der Waals surface area contributed by atoms with Crippen LogP contribution >= 0.6 is 0 Å². The van der Waals surface area contributed by atoms with Gasteiger partial charge in [0.15, 0.2) is 0 Å². The Kier molecular flexibility index (Phi) is 5.27. The number of anilines is 3. The van der Waals surface area contributed by atoms with Gasteiger partial charge in [-0.25, -0.2) is 0 Å². The van der Waals surface area contributed by atoms with Gasteiger partial charge in [-0.15, -0.1) is 0 Å². The Morgan fingerprint density at radius 2 is 1.12 bits per heavy atom. The Labute approximate surface area is 245 Å². The molecule has 42 heavy (non-hydrogen) atoms. The summed E-state index contributed by atoms with van der Waals surface area (Å²) in [5.74, 6) is 0. The number of hydrogen-bond donors (Lipinski definition) is 0. The second-order valence-electron chi connectivity index (χ2n) is 11.8. The lowest BCUT2D eigenvalue weighted by atomic mass is 9.81. The maximum Gasteiger partial charge on any atom is 0.0991 e. The van der Waals surface area contributed by atoms with E-state index in [1.807, 2.05) is 24.3 Å². The molecular weight excluding hydrogens is 508 g/mol. The van der Waals surface area contributed by atoms with Crippen LogP contribution in [-0.4, -0.2) is 0 Å². The first-order chi connectivity index (χ1) is 20.5. The SMILES string of the molecule is CC1(C)c2cccc3ccc4cc(-c5ccc(N(c6ccc(C#N)cc6)c6ccc7ccccc7c6)cc5)cc1c4c23. The van der Waals surface area contributed by atoms with E-state index < -0.39 is 0 Å². The van der Waals surface area contributed by atoms with Gasteiger partial charge in [0.1, 0.15) is 0 Å². The summed E-state index contributed by atoms with van der Waals surface area (Å²) in [5, 5.41) is 17.2. The third kappa shape index (κ3) is 3.64. The van der Waals surface area contributed by atoms with Crippen molar-refractivity contribution < 1.29 is 0 Å². The number of hydrogen-bond acceptors (Lipinski definition) is 2.